The van der Waals surface area contributed by atoms with Crippen LogP contribution in [0.4, 0.5) is 19.3 Å². The summed E-state index contributed by atoms with van der Waals surface area (Å²) in [6, 6.07) is 1.39. The number of hydrogen-bond acceptors (Lipinski definition) is 3. The molecule has 21 heavy (non-hydrogen) atoms. The average Bonchev–Trinajstić information content (AvgIpc) is 2.63. The molecule has 0 spiro atoms. The van der Waals surface area contributed by atoms with Crippen molar-refractivity contribution in [3.05, 3.63) is 29.8 Å². The van der Waals surface area contributed by atoms with E-state index in [9.17, 15) is 18.4 Å². The molecule has 0 saturated carbocycles. The Labute approximate surface area is 120 Å². The highest BCUT2D eigenvalue weighted by molar-refractivity contribution is 6.21. The molecule has 7 heteroatoms. The SMILES string of the molecule is CC1CN2C(=O)N(c3ccc(F)cc3F)C(=O)C2C(C)O1. The lowest BCUT2D eigenvalue weighted by Gasteiger charge is -2.35. The van der Waals surface area contributed by atoms with E-state index in [0.29, 0.717) is 6.07 Å². The molecule has 2 aliphatic heterocycles. The topological polar surface area (TPSA) is 49.9 Å². The van der Waals surface area contributed by atoms with Crippen molar-refractivity contribution >= 4 is 17.6 Å². The van der Waals surface area contributed by atoms with E-state index >= 15 is 0 Å². The zero-order valence-corrected chi connectivity index (χ0v) is 11.5. The third kappa shape index (κ3) is 2.08. The number of imide groups is 1. The number of ether oxygens (including phenoxy) is 1. The van der Waals surface area contributed by atoms with Gasteiger partial charge in [0.2, 0.25) is 0 Å². The van der Waals surface area contributed by atoms with Crippen molar-refractivity contribution in [3.63, 3.8) is 0 Å². The van der Waals surface area contributed by atoms with Gasteiger partial charge in [-0.05, 0) is 26.0 Å². The van der Waals surface area contributed by atoms with Gasteiger partial charge in [-0.15, -0.1) is 0 Å². The summed E-state index contributed by atoms with van der Waals surface area (Å²) >= 11 is 0. The Bertz CT molecular complexity index is 622. The molecule has 2 heterocycles. The number of morpholine rings is 1. The third-order valence-electron chi connectivity index (χ3n) is 3.74. The van der Waals surface area contributed by atoms with Gasteiger partial charge in [-0.2, -0.15) is 0 Å². The van der Waals surface area contributed by atoms with Crippen molar-refractivity contribution < 1.29 is 23.1 Å². The quantitative estimate of drug-likeness (QED) is 0.744. The molecule has 1 aromatic rings. The van der Waals surface area contributed by atoms with E-state index < -0.39 is 35.7 Å². The van der Waals surface area contributed by atoms with E-state index in [1.54, 1.807) is 13.8 Å². The lowest BCUT2D eigenvalue weighted by atomic mass is 10.1. The molecule has 2 saturated heterocycles. The zero-order valence-electron chi connectivity index (χ0n) is 11.5. The highest BCUT2D eigenvalue weighted by atomic mass is 19.1. The van der Waals surface area contributed by atoms with E-state index in [1.807, 2.05) is 0 Å². The van der Waals surface area contributed by atoms with Crippen LogP contribution in [0, 0.1) is 11.6 Å². The maximum absolute atomic E-state index is 13.9. The predicted molar refractivity (Wildman–Crippen MR) is 69.7 cm³/mol. The lowest BCUT2D eigenvalue weighted by molar-refractivity contribution is -0.132. The molecule has 0 radical (unpaired) electrons. The Hall–Kier alpha value is -2.02. The number of urea groups is 1. The first-order valence-corrected chi connectivity index (χ1v) is 6.65. The fourth-order valence-corrected chi connectivity index (χ4v) is 2.90. The maximum atomic E-state index is 13.9. The maximum Gasteiger partial charge on any atom is 0.332 e. The van der Waals surface area contributed by atoms with Crippen LogP contribution in [0.3, 0.4) is 0 Å². The summed E-state index contributed by atoms with van der Waals surface area (Å²) in [5.74, 6) is -2.26. The van der Waals surface area contributed by atoms with Crippen LogP contribution in [-0.4, -0.2) is 41.6 Å². The highest BCUT2D eigenvalue weighted by Gasteiger charge is 2.52. The molecule has 0 N–H and O–H groups in total. The smallest absolute Gasteiger partial charge is 0.332 e. The number of anilines is 1. The van der Waals surface area contributed by atoms with E-state index in [2.05, 4.69) is 0 Å². The number of benzene rings is 1. The van der Waals surface area contributed by atoms with Crippen molar-refractivity contribution in [2.75, 3.05) is 11.4 Å². The molecule has 112 valence electrons. The molecule has 5 nitrogen and oxygen atoms in total. The number of carbonyl (C=O) groups is 2. The summed E-state index contributed by atoms with van der Waals surface area (Å²) in [5, 5.41) is 0. The third-order valence-corrected chi connectivity index (χ3v) is 3.74. The van der Waals surface area contributed by atoms with E-state index in [0.717, 1.165) is 17.0 Å². The molecule has 3 unspecified atom stereocenters. The molecule has 3 rings (SSSR count). The van der Waals surface area contributed by atoms with Crippen LogP contribution in [0.2, 0.25) is 0 Å². The largest absolute Gasteiger partial charge is 0.371 e. The summed E-state index contributed by atoms with van der Waals surface area (Å²) in [4.78, 5) is 27.0. The summed E-state index contributed by atoms with van der Waals surface area (Å²) in [7, 11) is 0. The van der Waals surface area contributed by atoms with E-state index in [1.165, 1.54) is 4.90 Å². The Morgan fingerprint density at radius 3 is 2.62 bits per heavy atom. The first-order chi connectivity index (χ1) is 9.90. The molecule has 3 atom stereocenters. The molecule has 0 aromatic heterocycles. The first-order valence-electron chi connectivity index (χ1n) is 6.65. The summed E-state index contributed by atoms with van der Waals surface area (Å²) < 4.78 is 32.4. The van der Waals surface area contributed by atoms with Gasteiger partial charge < -0.3 is 9.64 Å². The van der Waals surface area contributed by atoms with Crippen LogP contribution >= 0.6 is 0 Å². The van der Waals surface area contributed by atoms with Crippen LogP contribution < -0.4 is 4.90 Å². The number of halogens is 2. The molecule has 0 bridgehead atoms. The van der Waals surface area contributed by atoms with Crippen LogP contribution in [0.25, 0.3) is 0 Å². The predicted octanol–water partition coefficient (Wildman–Crippen LogP) is 1.91. The Balaban J connectivity index is 2.01. The van der Waals surface area contributed by atoms with Gasteiger partial charge in [0.25, 0.3) is 5.91 Å². The Morgan fingerprint density at radius 1 is 1.24 bits per heavy atom. The molecule has 0 aliphatic carbocycles. The van der Waals surface area contributed by atoms with Crippen LogP contribution in [0.5, 0.6) is 0 Å². The van der Waals surface area contributed by atoms with Crippen LogP contribution in [0.15, 0.2) is 18.2 Å². The molecule has 3 amide bonds. The standard InChI is InChI=1S/C14H14F2N2O3/c1-7-6-17-12(8(2)21-7)13(19)18(14(17)20)11-4-3-9(15)5-10(11)16/h3-5,7-8,12H,6H2,1-2H3. The molecular formula is C14H14F2N2O3. The van der Waals surface area contributed by atoms with Crippen molar-refractivity contribution in [2.45, 2.75) is 32.1 Å². The number of rotatable bonds is 1. The Morgan fingerprint density at radius 2 is 1.95 bits per heavy atom. The van der Waals surface area contributed by atoms with Gasteiger partial charge in [-0.3, -0.25) is 4.79 Å². The normalized spacial score (nSPS) is 29.0. The average molecular weight is 296 g/mol. The van der Waals surface area contributed by atoms with Gasteiger partial charge in [0.1, 0.15) is 17.7 Å². The number of fused-ring (bicyclic) bond motifs is 1. The molecule has 1 aromatic carbocycles. The Kier molecular flexibility index (Phi) is 3.16. The molecule has 2 aliphatic rings. The first kappa shape index (κ1) is 13.9. The fraction of sp³-hybridized carbons (Fsp3) is 0.429. The fourth-order valence-electron chi connectivity index (χ4n) is 2.90. The van der Waals surface area contributed by atoms with Gasteiger partial charge in [0.15, 0.2) is 0 Å². The van der Waals surface area contributed by atoms with Crippen molar-refractivity contribution in [1.82, 2.24) is 4.90 Å². The van der Waals surface area contributed by atoms with Crippen LogP contribution in [0.1, 0.15) is 13.8 Å². The highest BCUT2D eigenvalue weighted by Crippen LogP contribution is 2.32. The van der Waals surface area contributed by atoms with Gasteiger partial charge in [0.05, 0.1) is 17.9 Å². The monoisotopic (exact) mass is 296 g/mol. The van der Waals surface area contributed by atoms with Crippen molar-refractivity contribution in [2.24, 2.45) is 0 Å². The van der Waals surface area contributed by atoms with Gasteiger partial charge >= 0.3 is 6.03 Å². The number of amides is 3. The number of nitrogens with zero attached hydrogens (tertiary/aromatic N) is 2. The minimum absolute atomic E-state index is 0.203. The summed E-state index contributed by atoms with van der Waals surface area (Å²) in [6.07, 6.45) is -0.676. The van der Waals surface area contributed by atoms with Crippen LogP contribution in [-0.2, 0) is 9.53 Å². The summed E-state index contributed by atoms with van der Waals surface area (Å²) in [5.41, 5.74) is -0.236. The van der Waals surface area contributed by atoms with Gasteiger partial charge in [-0.25, -0.2) is 18.5 Å². The second kappa shape index (κ2) is 4.77. The molecule has 2 fully saturated rings. The minimum atomic E-state index is -0.946. The summed E-state index contributed by atoms with van der Waals surface area (Å²) in [6.45, 7) is 3.76. The van der Waals surface area contributed by atoms with Crippen molar-refractivity contribution in [3.8, 4) is 0 Å². The minimum Gasteiger partial charge on any atom is -0.371 e. The number of carbonyl (C=O) groups excluding carboxylic acids is 2. The van der Waals surface area contributed by atoms with Crippen molar-refractivity contribution in [1.29, 1.82) is 0 Å². The number of hydrogen-bond donors (Lipinski definition) is 0. The van der Waals surface area contributed by atoms with E-state index in [4.69, 9.17) is 4.74 Å². The van der Waals surface area contributed by atoms with Gasteiger partial charge in [-0.1, -0.05) is 0 Å². The van der Waals surface area contributed by atoms with Gasteiger partial charge in [0, 0.05) is 12.6 Å². The second-order valence-electron chi connectivity index (χ2n) is 5.30. The lowest BCUT2D eigenvalue weighted by Crippen LogP contribution is -2.53. The second-order valence-corrected chi connectivity index (χ2v) is 5.30. The zero-order chi connectivity index (χ0) is 15.3. The van der Waals surface area contributed by atoms with E-state index in [-0.39, 0.29) is 18.3 Å². The molecular weight excluding hydrogens is 282 g/mol.